The lowest BCUT2D eigenvalue weighted by Crippen LogP contribution is -2.16. The third-order valence-corrected chi connectivity index (χ3v) is 2.93. The summed E-state index contributed by atoms with van der Waals surface area (Å²) in [7, 11) is 0. The average molecular weight is 256 g/mol. The molecular formula is C12H16O4S. The van der Waals surface area contributed by atoms with Gasteiger partial charge in [0.25, 0.3) is 0 Å². The van der Waals surface area contributed by atoms with Crippen molar-refractivity contribution in [3.63, 3.8) is 0 Å². The number of carbonyl (C=O) groups is 1. The lowest BCUT2D eigenvalue weighted by molar-refractivity contribution is -0.139. The van der Waals surface area contributed by atoms with E-state index in [1.807, 2.05) is 30.5 Å². The van der Waals surface area contributed by atoms with E-state index in [1.54, 1.807) is 11.8 Å². The van der Waals surface area contributed by atoms with E-state index >= 15 is 0 Å². The van der Waals surface area contributed by atoms with Crippen LogP contribution >= 0.6 is 11.8 Å². The van der Waals surface area contributed by atoms with Crippen LogP contribution in [0, 0.1) is 0 Å². The molecule has 0 heterocycles. The summed E-state index contributed by atoms with van der Waals surface area (Å²) >= 11 is 1.65. The smallest absolute Gasteiger partial charge is 0.305 e. The minimum Gasteiger partial charge on any atom is -0.493 e. The van der Waals surface area contributed by atoms with E-state index in [-0.39, 0.29) is 6.42 Å². The minimum atomic E-state index is -0.998. The molecule has 94 valence electrons. The number of thioether (sulfide) groups is 1. The van der Waals surface area contributed by atoms with Crippen LogP contribution in [-0.4, -0.2) is 35.1 Å². The van der Waals surface area contributed by atoms with E-state index in [0.717, 1.165) is 10.6 Å². The van der Waals surface area contributed by atoms with Crippen molar-refractivity contribution in [3.05, 3.63) is 24.3 Å². The Labute approximate surface area is 105 Å². The Hall–Kier alpha value is -1.20. The van der Waals surface area contributed by atoms with Gasteiger partial charge in [-0.3, -0.25) is 4.79 Å². The summed E-state index contributed by atoms with van der Waals surface area (Å²) in [6.45, 7) is 0.313. The van der Waals surface area contributed by atoms with E-state index in [0.29, 0.717) is 13.0 Å². The van der Waals surface area contributed by atoms with Gasteiger partial charge in [-0.05, 0) is 30.5 Å². The van der Waals surface area contributed by atoms with Gasteiger partial charge in [-0.2, -0.15) is 0 Å². The number of aliphatic carboxylic acids is 1. The zero-order chi connectivity index (χ0) is 12.7. The van der Waals surface area contributed by atoms with Gasteiger partial charge in [-0.15, -0.1) is 11.8 Å². The number of hydrogen-bond donors (Lipinski definition) is 2. The number of rotatable bonds is 7. The molecule has 1 unspecified atom stereocenters. The molecule has 0 amide bonds. The van der Waals surface area contributed by atoms with Gasteiger partial charge in [0.05, 0.1) is 19.1 Å². The molecule has 0 aliphatic carbocycles. The van der Waals surface area contributed by atoms with Gasteiger partial charge in [0.2, 0.25) is 0 Å². The molecule has 4 nitrogen and oxygen atoms in total. The Morgan fingerprint density at radius 2 is 2.06 bits per heavy atom. The number of aliphatic hydroxyl groups is 1. The second kappa shape index (κ2) is 7.19. The van der Waals surface area contributed by atoms with E-state index in [4.69, 9.17) is 9.84 Å². The van der Waals surface area contributed by atoms with Gasteiger partial charge in [0.1, 0.15) is 5.75 Å². The predicted octanol–water partition coefficient (Wildman–Crippen LogP) is 2.01. The van der Waals surface area contributed by atoms with E-state index < -0.39 is 12.1 Å². The van der Waals surface area contributed by atoms with Crippen molar-refractivity contribution in [1.82, 2.24) is 0 Å². The molecule has 1 aromatic carbocycles. The fraction of sp³-hybridized carbons (Fsp3) is 0.417. The first-order valence-corrected chi connectivity index (χ1v) is 6.51. The van der Waals surface area contributed by atoms with Crippen molar-refractivity contribution in [2.75, 3.05) is 12.9 Å². The number of hydrogen-bond acceptors (Lipinski definition) is 4. The Bertz CT molecular complexity index is 350. The molecule has 1 atom stereocenters. The lowest BCUT2D eigenvalue weighted by atomic mass is 10.2. The fourth-order valence-corrected chi connectivity index (χ4v) is 1.70. The maximum absolute atomic E-state index is 10.3. The maximum Gasteiger partial charge on any atom is 0.305 e. The van der Waals surface area contributed by atoms with Crippen molar-refractivity contribution in [2.24, 2.45) is 0 Å². The molecule has 0 fully saturated rings. The van der Waals surface area contributed by atoms with Crippen LogP contribution in [0.15, 0.2) is 29.2 Å². The molecule has 0 aromatic heterocycles. The zero-order valence-electron chi connectivity index (χ0n) is 9.63. The van der Waals surface area contributed by atoms with Gasteiger partial charge in [-0.25, -0.2) is 0 Å². The highest BCUT2D eigenvalue weighted by atomic mass is 32.2. The SMILES string of the molecule is CSc1ccc(OCCC(O)CC(=O)O)cc1. The first kappa shape index (κ1) is 13.9. The molecule has 0 aliphatic heterocycles. The minimum absolute atomic E-state index is 0.241. The van der Waals surface area contributed by atoms with Crippen LogP contribution in [0.2, 0.25) is 0 Å². The number of carboxylic acid groups (broad SMARTS) is 1. The maximum atomic E-state index is 10.3. The third kappa shape index (κ3) is 5.60. The van der Waals surface area contributed by atoms with Gasteiger partial charge < -0.3 is 14.9 Å². The molecule has 1 aromatic rings. The zero-order valence-corrected chi connectivity index (χ0v) is 10.4. The van der Waals surface area contributed by atoms with Crippen molar-refractivity contribution >= 4 is 17.7 Å². The quantitative estimate of drug-likeness (QED) is 0.730. The van der Waals surface area contributed by atoms with Crippen molar-refractivity contribution in [2.45, 2.75) is 23.8 Å². The predicted molar refractivity (Wildman–Crippen MR) is 66.6 cm³/mol. The second-order valence-electron chi connectivity index (χ2n) is 3.56. The van der Waals surface area contributed by atoms with Gasteiger partial charge in [-0.1, -0.05) is 0 Å². The Morgan fingerprint density at radius 3 is 2.59 bits per heavy atom. The largest absolute Gasteiger partial charge is 0.493 e. The van der Waals surface area contributed by atoms with Crippen LogP contribution in [-0.2, 0) is 4.79 Å². The highest BCUT2D eigenvalue weighted by Crippen LogP contribution is 2.19. The van der Waals surface area contributed by atoms with E-state index in [2.05, 4.69) is 0 Å². The molecule has 0 aliphatic rings. The van der Waals surface area contributed by atoms with Crippen molar-refractivity contribution in [3.8, 4) is 5.75 Å². The first-order chi connectivity index (χ1) is 8.11. The Kier molecular flexibility index (Phi) is 5.86. The topological polar surface area (TPSA) is 66.8 Å². The van der Waals surface area contributed by atoms with Crippen LogP contribution in [0.4, 0.5) is 0 Å². The van der Waals surface area contributed by atoms with Gasteiger partial charge in [0, 0.05) is 11.3 Å². The molecular weight excluding hydrogens is 240 g/mol. The fourth-order valence-electron chi connectivity index (χ4n) is 1.29. The van der Waals surface area contributed by atoms with Crippen LogP contribution in [0.3, 0.4) is 0 Å². The van der Waals surface area contributed by atoms with E-state index in [9.17, 15) is 9.90 Å². The molecule has 2 N–H and O–H groups in total. The molecule has 0 saturated carbocycles. The normalized spacial score (nSPS) is 12.1. The van der Waals surface area contributed by atoms with Gasteiger partial charge >= 0.3 is 5.97 Å². The number of benzene rings is 1. The van der Waals surface area contributed by atoms with Crippen LogP contribution < -0.4 is 4.74 Å². The molecule has 0 radical (unpaired) electrons. The molecule has 1 rings (SSSR count). The third-order valence-electron chi connectivity index (χ3n) is 2.19. The van der Waals surface area contributed by atoms with Crippen LogP contribution in [0.1, 0.15) is 12.8 Å². The first-order valence-electron chi connectivity index (χ1n) is 5.28. The summed E-state index contributed by atoms with van der Waals surface area (Å²) in [6, 6.07) is 7.62. The Balaban J connectivity index is 2.28. The summed E-state index contributed by atoms with van der Waals surface area (Å²) in [5, 5.41) is 17.8. The Morgan fingerprint density at radius 1 is 1.41 bits per heavy atom. The molecule has 0 saturated heterocycles. The van der Waals surface area contributed by atoms with Crippen molar-refractivity contribution < 1.29 is 19.7 Å². The standard InChI is InChI=1S/C12H16O4S/c1-17-11-4-2-10(3-5-11)16-7-6-9(13)8-12(14)15/h2-5,9,13H,6-8H2,1H3,(H,14,15). The highest BCUT2D eigenvalue weighted by molar-refractivity contribution is 7.98. The van der Waals surface area contributed by atoms with E-state index in [1.165, 1.54) is 0 Å². The van der Waals surface area contributed by atoms with Crippen molar-refractivity contribution in [1.29, 1.82) is 0 Å². The highest BCUT2D eigenvalue weighted by Gasteiger charge is 2.09. The molecule has 5 heteroatoms. The number of ether oxygens (including phenoxy) is 1. The molecule has 0 spiro atoms. The summed E-state index contributed by atoms with van der Waals surface area (Å²) in [6.07, 6.45) is 1.22. The lowest BCUT2D eigenvalue weighted by Gasteiger charge is -2.09. The number of carboxylic acids is 1. The molecule has 0 bridgehead atoms. The number of aliphatic hydroxyl groups excluding tert-OH is 1. The van der Waals surface area contributed by atoms with Crippen LogP contribution in [0.25, 0.3) is 0 Å². The summed E-state index contributed by atoms with van der Waals surface area (Å²) in [5.74, 6) is -0.271. The second-order valence-corrected chi connectivity index (χ2v) is 4.44. The van der Waals surface area contributed by atoms with Gasteiger partial charge in [0.15, 0.2) is 0 Å². The summed E-state index contributed by atoms with van der Waals surface area (Å²) < 4.78 is 5.40. The average Bonchev–Trinajstić information content (AvgIpc) is 2.29. The monoisotopic (exact) mass is 256 g/mol. The van der Waals surface area contributed by atoms with Crippen LogP contribution in [0.5, 0.6) is 5.75 Å². The summed E-state index contributed by atoms with van der Waals surface area (Å²) in [4.78, 5) is 11.5. The summed E-state index contributed by atoms with van der Waals surface area (Å²) in [5.41, 5.74) is 0. The molecule has 17 heavy (non-hydrogen) atoms.